The van der Waals surface area contributed by atoms with Crippen molar-refractivity contribution in [3.8, 4) is 0 Å². The monoisotopic (exact) mass is 147 g/mol. The molecule has 0 aromatic heterocycles. The van der Waals surface area contributed by atoms with Crippen LogP contribution in [0.3, 0.4) is 0 Å². The van der Waals surface area contributed by atoms with Crippen molar-refractivity contribution in [2.45, 2.75) is 0 Å². The Kier molecular flexibility index (Phi) is 7.40. The third-order valence-corrected chi connectivity index (χ3v) is 1.35. The van der Waals surface area contributed by atoms with Gasteiger partial charge in [-0.15, -0.1) is 0 Å². The first-order chi connectivity index (χ1) is 3.06. The van der Waals surface area contributed by atoms with Crippen molar-refractivity contribution in [2.24, 2.45) is 0 Å². The summed E-state index contributed by atoms with van der Waals surface area (Å²) >= 11 is 0. The van der Waals surface area contributed by atoms with E-state index in [1.807, 2.05) is 0 Å². The van der Waals surface area contributed by atoms with Crippen LogP contribution in [-0.4, -0.2) is 54.4 Å². The normalized spacial score (nSPS) is 16.4. The topological polar surface area (TPSA) is 49.3 Å². The zero-order chi connectivity index (χ0) is 5.91. The first kappa shape index (κ1) is 11.9. The molecular weight excluding hydrogens is 136 g/mol. The van der Waals surface area contributed by atoms with E-state index in [1.54, 1.807) is 7.05 Å². The Bertz CT molecular complexity index is 91.3. The number of hydrogen-bond acceptors (Lipinski definition) is 2. The van der Waals surface area contributed by atoms with Gasteiger partial charge in [0.05, 0.1) is 6.29 Å². The number of rotatable bonds is 2. The molecule has 0 aromatic carbocycles. The van der Waals surface area contributed by atoms with Gasteiger partial charge in [-0.25, -0.2) is 0 Å². The van der Waals surface area contributed by atoms with Crippen LogP contribution in [0, 0.1) is 0 Å². The second kappa shape index (κ2) is 4.98. The summed E-state index contributed by atoms with van der Waals surface area (Å²) in [7, 11) is -1.13. The number of nitrogens with one attached hydrogen (secondary N) is 1. The van der Waals surface area contributed by atoms with Gasteiger partial charge in [0.1, 0.15) is 0 Å². The van der Waals surface area contributed by atoms with Gasteiger partial charge in [-0.3, -0.25) is 4.57 Å². The molecule has 0 amide bonds. The molecule has 3 nitrogen and oxygen atoms in total. The average molecular weight is 147 g/mol. The van der Waals surface area contributed by atoms with E-state index in [0.29, 0.717) is 0 Å². The third kappa shape index (κ3) is 10.2. The minimum absolute atomic E-state index is 0. The van der Waals surface area contributed by atoms with Gasteiger partial charge in [0.15, 0.2) is 0 Å². The second-order valence-corrected chi connectivity index (χ2v) is 3.98. The molecule has 0 aliphatic rings. The van der Waals surface area contributed by atoms with Crippen molar-refractivity contribution in [1.29, 1.82) is 0 Å². The minimum atomic E-state index is -2.78. The molecule has 1 unspecified atom stereocenters. The fraction of sp³-hybridized carbons (Fsp3) is 1.00. The van der Waals surface area contributed by atoms with Gasteiger partial charge in [0.2, 0.25) is 7.37 Å². The van der Waals surface area contributed by atoms with Gasteiger partial charge in [0.25, 0.3) is 0 Å². The van der Waals surface area contributed by atoms with E-state index in [0.717, 1.165) is 0 Å². The molecule has 0 bridgehead atoms. The molecule has 0 saturated carbocycles. The van der Waals surface area contributed by atoms with Crippen molar-refractivity contribution >= 4 is 36.9 Å². The molecule has 0 saturated heterocycles. The van der Waals surface area contributed by atoms with Crippen LogP contribution in [0.1, 0.15) is 0 Å². The van der Waals surface area contributed by atoms with Gasteiger partial charge in [-0.2, -0.15) is 0 Å². The van der Waals surface area contributed by atoms with Crippen molar-refractivity contribution in [1.82, 2.24) is 5.32 Å². The molecule has 2 N–H and O–H groups in total. The van der Waals surface area contributed by atoms with E-state index in [2.05, 4.69) is 5.32 Å². The van der Waals surface area contributed by atoms with Crippen molar-refractivity contribution < 1.29 is 9.46 Å². The summed E-state index contributed by atoms with van der Waals surface area (Å²) in [6.07, 6.45) is 0.201. The Morgan fingerprint density at radius 3 is 2.12 bits per heavy atom. The summed E-state index contributed by atoms with van der Waals surface area (Å²) in [4.78, 5) is 8.51. The zero-order valence-corrected chi connectivity index (χ0v) is 5.40. The van der Waals surface area contributed by atoms with Crippen molar-refractivity contribution in [3.05, 3.63) is 0 Å². The Labute approximate surface area is 71.6 Å². The first-order valence-electron chi connectivity index (χ1n) is 2.00. The van der Waals surface area contributed by atoms with Crippen LogP contribution in [0.15, 0.2) is 0 Å². The van der Waals surface area contributed by atoms with Crippen LogP contribution in [0.2, 0.25) is 0 Å². The predicted molar refractivity (Wildman–Crippen MR) is 36.8 cm³/mol. The summed E-state index contributed by atoms with van der Waals surface area (Å²) in [5.41, 5.74) is 0. The Hall–Kier alpha value is 1.15. The quantitative estimate of drug-likeness (QED) is 0.405. The summed E-state index contributed by atoms with van der Waals surface area (Å²) in [6.45, 7) is 1.32. The van der Waals surface area contributed by atoms with Crippen LogP contribution >= 0.6 is 7.37 Å². The van der Waals surface area contributed by atoms with Gasteiger partial charge >= 0.3 is 29.6 Å². The van der Waals surface area contributed by atoms with E-state index in [-0.39, 0.29) is 35.8 Å². The van der Waals surface area contributed by atoms with Gasteiger partial charge < -0.3 is 10.2 Å². The summed E-state index contributed by atoms with van der Waals surface area (Å²) in [5.74, 6) is 0. The van der Waals surface area contributed by atoms with E-state index < -0.39 is 7.37 Å². The SMILES string of the molecule is CNCP(C)(=O)O.[NaH]. The Balaban J connectivity index is 0. The molecule has 1 atom stereocenters. The van der Waals surface area contributed by atoms with Crippen molar-refractivity contribution in [3.63, 3.8) is 0 Å². The molecule has 0 spiro atoms. The van der Waals surface area contributed by atoms with Crippen molar-refractivity contribution in [2.75, 3.05) is 20.0 Å². The molecule has 0 fully saturated rings. The van der Waals surface area contributed by atoms with Gasteiger partial charge in [0, 0.05) is 6.66 Å². The second-order valence-electron chi connectivity index (χ2n) is 1.56. The Morgan fingerprint density at radius 2 is 2.12 bits per heavy atom. The summed E-state index contributed by atoms with van der Waals surface area (Å²) < 4.78 is 10.3. The average Bonchev–Trinajstić information content (AvgIpc) is 1.30. The predicted octanol–water partition coefficient (Wildman–Crippen LogP) is -0.585. The van der Waals surface area contributed by atoms with Crippen LogP contribution in [-0.2, 0) is 4.57 Å². The fourth-order valence-corrected chi connectivity index (χ4v) is 0.880. The third-order valence-electron chi connectivity index (χ3n) is 0.451. The van der Waals surface area contributed by atoms with E-state index in [1.165, 1.54) is 6.66 Å². The van der Waals surface area contributed by atoms with E-state index in [4.69, 9.17) is 4.89 Å². The van der Waals surface area contributed by atoms with Gasteiger partial charge in [-0.05, 0) is 7.05 Å². The summed E-state index contributed by atoms with van der Waals surface area (Å²) in [6, 6.07) is 0. The van der Waals surface area contributed by atoms with E-state index in [9.17, 15) is 4.57 Å². The molecule has 8 heavy (non-hydrogen) atoms. The van der Waals surface area contributed by atoms with Crippen LogP contribution in [0.5, 0.6) is 0 Å². The molecule has 0 aromatic rings. The summed E-state index contributed by atoms with van der Waals surface area (Å²) in [5, 5.41) is 2.59. The standard InChI is InChI=1S/C3H10NO2P.Na.H/c1-4-3-7(2,5)6;;/h4H,3H2,1-2H3,(H,5,6);;. The molecule has 0 rings (SSSR count). The molecule has 0 aliphatic carbocycles. The maximum absolute atomic E-state index is 10.3. The Morgan fingerprint density at radius 1 is 1.75 bits per heavy atom. The molecule has 0 radical (unpaired) electrons. The fourth-order valence-electron chi connectivity index (χ4n) is 0.293. The molecule has 0 aliphatic heterocycles. The first-order valence-corrected chi connectivity index (χ1v) is 4.29. The molecule has 5 heteroatoms. The van der Waals surface area contributed by atoms with Crippen LogP contribution in [0.25, 0.3) is 0 Å². The maximum atomic E-state index is 10.3. The molecule has 46 valence electrons. The van der Waals surface area contributed by atoms with Gasteiger partial charge in [-0.1, -0.05) is 0 Å². The molecular formula is C3H11NNaO2P. The molecule has 0 heterocycles. The zero-order valence-electron chi connectivity index (χ0n) is 4.51. The van der Waals surface area contributed by atoms with Crippen LogP contribution < -0.4 is 5.32 Å². The number of hydrogen-bond donors (Lipinski definition) is 2. The van der Waals surface area contributed by atoms with Crippen LogP contribution in [0.4, 0.5) is 0 Å². The van der Waals surface area contributed by atoms with E-state index >= 15 is 0 Å².